The Morgan fingerprint density at radius 1 is 0.977 bits per heavy atom. The molecule has 0 unspecified atom stereocenters. The molecule has 10 nitrogen and oxygen atoms in total. The number of sulfone groups is 1. The van der Waals surface area contributed by atoms with Gasteiger partial charge in [0.25, 0.3) is 5.91 Å². The number of ether oxygens (including phenoxy) is 2. The van der Waals surface area contributed by atoms with Gasteiger partial charge in [-0.15, -0.1) is 0 Å². The van der Waals surface area contributed by atoms with E-state index >= 15 is 0 Å². The maximum Gasteiger partial charge on any atom is 0.251 e. The maximum absolute atomic E-state index is 13.3. The predicted molar refractivity (Wildman–Crippen MR) is 168 cm³/mol. The van der Waals surface area contributed by atoms with Gasteiger partial charge in [-0.2, -0.15) is 0 Å². The Morgan fingerprint density at radius 2 is 1.73 bits per heavy atom. The zero-order chi connectivity index (χ0) is 30.8. The Bertz CT molecular complexity index is 1780. The van der Waals surface area contributed by atoms with E-state index in [2.05, 4.69) is 29.0 Å². The molecule has 3 aromatic heterocycles. The molecule has 1 aromatic carbocycles. The highest BCUT2D eigenvalue weighted by Crippen LogP contribution is 2.28. The van der Waals surface area contributed by atoms with Gasteiger partial charge in [-0.1, -0.05) is 12.1 Å². The van der Waals surface area contributed by atoms with Crippen molar-refractivity contribution in [2.24, 2.45) is 0 Å². The number of hydrogen-bond donors (Lipinski definition) is 1. The first-order valence-electron chi connectivity index (χ1n) is 15.0. The van der Waals surface area contributed by atoms with E-state index in [1.807, 2.05) is 36.4 Å². The maximum atomic E-state index is 13.3. The third kappa shape index (κ3) is 6.45. The number of carbonyl (C=O) groups excluding carboxylic acids is 1. The highest BCUT2D eigenvalue weighted by Gasteiger charge is 2.31. The summed E-state index contributed by atoms with van der Waals surface area (Å²) in [7, 11) is -3.58. The minimum Gasteiger partial charge on any atom is -0.381 e. The van der Waals surface area contributed by atoms with Gasteiger partial charge in [0, 0.05) is 43.4 Å². The molecule has 2 saturated heterocycles. The summed E-state index contributed by atoms with van der Waals surface area (Å²) in [5.41, 5.74) is 3.80. The van der Waals surface area contributed by atoms with Crippen LogP contribution in [0.2, 0.25) is 0 Å². The number of pyridine rings is 3. The standard InChI is InChI=1S/C33H37N5O5S/c1-21-7-8-24(15-31(21)44(40,41)27-11-13-42-14-12-27)33(39)35-18-26-16-30-25(17-34-26)9-10-29(36-30)28-5-4-6-32(37-28)38-19-22(2)43-23(3)20-38/h4-10,15-17,22-23,27H,11-14,18-20H2,1-3H3,(H,35,39)/t22-,23+. The Kier molecular flexibility index (Phi) is 8.61. The SMILES string of the molecule is Cc1ccc(C(=O)NCc2cc3nc(-c4cccc(N5C[C@@H](C)O[C@@H](C)C5)n4)ccc3cn2)cc1S(=O)(=O)C1CCOCC1. The lowest BCUT2D eigenvalue weighted by Gasteiger charge is -2.36. The number of hydrogen-bond acceptors (Lipinski definition) is 9. The molecule has 0 radical (unpaired) electrons. The number of rotatable bonds is 7. The van der Waals surface area contributed by atoms with Crippen molar-refractivity contribution in [2.75, 3.05) is 31.2 Å². The fourth-order valence-corrected chi connectivity index (χ4v) is 7.87. The highest BCUT2D eigenvalue weighted by atomic mass is 32.2. The average molecular weight is 616 g/mol. The molecule has 6 rings (SSSR count). The van der Waals surface area contributed by atoms with Crippen LogP contribution in [0.15, 0.2) is 65.7 Å². The zero-order valence-electron chi connectivity index (χ0n) is 25.2. The van der Waals surface area contributed by atoms with Crippen LogP contribution in [0.3, 0.4) is 0 Å². The quantitative estimate of drug-likeness (QED) is 0.320. The van der Waals surface area contributed by atoms with E-state index in [1.165, 1.54) is 6.07 Å². The van der Waals surface area contributed by atoms with Crippen LogP contribution in [0.5, 0.6) is 0 Å². The molecule has 2 atom stereocenters. The molecule has 0 bridgehead atoms. The van der Waals surface area contributed by atoms with Crippen molar-refractivity contribution in [1.82, 2.24) is 20.3 Å². The Labute approximate surface area is 257 Å². The van der Waals surface area contributed by atoms with Crippen LogP contribution < -0.4 is 10.2 Å². The first-order chi connectivity index (χ1) is 21.2. The summed E-state index contributed by atoms with van der Waals surface area (Å²) in [6, 6.07) is 16.5. The third-order valence-electron chi connectivity index (χ3n) is 8.16. The average Bonchev–Trinajstić information content (AvgIpc) is 3.03. The van der Waals surface area contributed by atoms with E-state index in [4.69, 9.17) is 19.4 Å². The molecule has 0 spiro atoms. The smallest absolute Gasteiger partial charge is 0.251 e. The van der Waals surface area contributed by atoms with E-state index in [0.717, 1.165) is 41.2 Å². The van der Waals surface area contributed by atoms with Crippen LogP contribution in [0.1, 0.15) is 48.3 Å². The summed E-state index contributed by atoms with van der Waals surface area (Å²) in [4.78, 5) is 29.8. The van der Waals surface area contributed by atoms with Gasteiger partial charge in [0.05, 0.1) is 51.5 Å². The van der Waals surface area contributed by atoms with Crippen molar-refractivity contribution < 1.29 is 22.7 Å². The molecule has 230 valence electrons. The summed E-state index contributed by atoms with van der Waals surface area (Å²) in [5.74, 6) is 0.522. The monoisotopic (exact) mass is 615 g/mol. The molecule has 1 N–H and O–H groups in total. The second-order valence-electron chi connectivity index (χ2n) is 11.6. The fraction of sp³-hybridized carbons (Fsp3) is 0.394. The van der Waals surface area contributed by atoms with Gasteiger partial charge in [0.1, 0.15) is 5.82 Å². The number of carbonyl (C=O) groups is 1. The van der Waals surface area contributed by atoms with Crippen LogP contribution in [0, 0.1) is 6.92 Å². The number of fused-ring (bicyclic) bond motifs is 1. The van der Waals surface area contributed by atoms with Gasteiger partial charge < -0.3 is 19.7 Å². The summed E-state index contributed by atoms with van der Waals surface area (Å²) < 4.78 is 37.9. The van der Waals surface area contributed by atoms with Gasteiger partial charge in [0.15, 0.2) is 9.84 Å². The Balaban J connectivity index is 1.18. The first-order valence-corrected chi connectivity index (χ1v) is 16.6. The van der Waals surface area contributed by atoms with Gasteiger partial charge in [-0.25, -0.2) is 18.4 Å². The van der Waals surface area contributed by atoms with Gasteiger partial charge in [0.2, 0.25) is 0 Å². The van der Waals surface area contributed by atoms with Crippen LogP contribution in [-0.4, -0.2) is 73.0 Å². The highest BCUT2D eigenvalue weighted by molar-refractivity contribution is 7.92. The number of morpholine rings is 1. The summed E-state index contributed by atoms with van der Waals surface area (Å²) in [6.45, 7) is 8.47. The first kappa shape index (κ1) is 30.1. The minimum atomic E-state index is -3.58. The predicted octanol–water partition coefficient (Wildman–Crippen LogP) is 4.50. The zero-order valence-corrected chi connectivity index (χ0v) is 26.0. The Morgan fingerprint density at radius 3 is 2.50 bits per heavy atom. The van der Waals surface area contributed by atoms with Gasteiger partial charge >= 0.3 is 0 Å². The van der Waals surface area contributed by atoms with E-state index in [-0.39, 0.29) is 35.1 Å². The fourth-order valence-electron chi connectivity index (χ4n) is 5.89. The number of amides is 1. The molecular weight excluding hydrogens is 578 g/mol. The lowest BCUT2D eigenvalue weighted by molar-refractivity contribution is -0.00545. The van der Waals surface area contributed by atoms with Gasteiger partial charge in [-0.05, 0) is 81.6 Å². The number of nitrogens with one attached hydrogen (secondary N) is 1. The van der Waals surface area contributed by atoms with E-state index in [0.29, 0.717) is 37.3 Å². The minimum absolute atomic E-state index is 0.132. The van der Waals surface area contributed by atoms with Crippen LogP contribution in [0.4, 0.5) is 5.82 Å². The molecule has 1 amide bonds. The topological polar surface area (TPSA) is 124 Å². The number of nitrogens with zero attached hydrogens (tertiary/aromatic N) is 4. The summed E-state index contributed by atoms with van der Waals surface area (Å²) in [6.07, 6.45) is 2.91. The second kappa shape index (κ2) is 12.6. The van der Waals surface area contributed by atoms with Crippen LogP contribution in [0.25, 0.3) is 22.3 Å². The number of anilines is 1. The third-order valence-corrected chi connectivity index (χ3v) is 10.6. The van der Waals surface area contributed by atoms with Crippen LogP contribution in [-0.2, 0) is 25.9 Å². The molecule has 2 aliphatic rings. The summed E-state index contributed by atoms with van der Waals surface area (Å²) >= 11 is 0. The summed E-state index contributed by atoms with van der Waals surface area (Å²) in [5, 5.41) is 3.25. The van der Waals surface area contributed by atoms with Crippen LogP contribution >= 0.6 is 0 Å². The lowest BCUT2D eigenvalue weighted by Crippen LogP contribution is -2.45. The van der Waals surface area contributed by atoms with Crippen molar-refractivity contribution in [3.05, 3.63) is 77.6 Å². The molecule has 2 aliphatic heterocycles. The normalized spacial score (nSPS) is 19.7. The van der Waals surface area contributed by atoms with E-state index in [9.17, 15) is 13.2 Å². The molecule has 44 heavy (non-hydrogen) atoms. The molecule has 4 aromatic rings. The molecule has 0 aliphatic carbocycles. The number of aryl methyl sites for hydroxylation is 1. The second-order valence-corrected chi connectivity index (χ2v) is 13.8. The van der Waals surface area contributed by atoms with Crippen molar-refractivity contribution in [1.29, 1.82) is 0 Å². The molecule has 2 fully saturated rings. The van der Waals surface area contributed by atoms with E-state index in [1.54, 1.807) is 25.3 Å². The molecule has 11 heteroatoms. The van der Waals surface area contributed by atoms with E-state index < -0.39 is 15.1 Å². The molecule has 0 saturated carbocycles. The van der Waals surface area contributed by atoms with Crippen molar-refractivity contribution in [3.8, 4) is 11.4 Å². The van der Waals surface area contributed by atoms with Crippen molar-refractivity contribution in [3.63, 3.8) is 0 Å². The Hall–Kier alpha value is -3.93. The number of aromatic nitrogens is 3. The molecule has 5 heterocycles. The molecular formula is C33H37N5O5S. The largest absolute Gasteiger partial charge is 0.381 e. The van der Waals surface area contributed by atoms with Crippen molar-refractivity contribution in [2.45, 2.75) is 62.5 Å². The lowest BCUT2D eigenvalue weighted by atomic mass is 10.1. The van der Waals surface area contributed by atoms with Crippen molar-refractivity contribution >= 4 is 32.5 Å². The van der Waals surface area contributed by atoms with Gasteiger partial charge in [-0.3, -0.25) is 9.78 Å². The number of benzene rings is 1.